The molecule has 0 aliphatic heterocycles. The lowest BCUT2D eigenvalue weighted by molar-refractivity contribution is 0.277. The molecule has 162 valence electrons. The highest BCUT2D eigenvalue weighted by Crippen LogP contribution is 2.52. The molecule has 4 heteroatoms. The molecule has 0 aromatic heterocycles. The van der Waals surface area contributed by atoms with Gasteiger partial charge in [-0.25, -0.2) is 0 Å². The molecular formula is C27H32NO2P. The van der Waals surface area contributed by atoms with E-state index in [1.54, 1.807) is 7.11 Å². The number of ether oxygens (including phenoxy) is 2. The third-order valence-corrected chi connectivity index (χ3v) is 7.93. The third-order valence-electron chi connectivity index (χ3n) is 5.75. The van der Waals surface area contributed by atoms with Crippen LogP contribution in [0.1, 0.15) is 43.4 Å². The summed E-state index contributed by atoms with van der Waals surface area (Å²) in [6.45, 7) is 5.06. The summed E-state index contributed by atoms with van der Waals surface area (Å²) in [6, 6.07) is 25.1. The Morgan fingerprint density at radius 2 is 1.61 bits per heavy atom. The van der Waals surface area contributed by atoms with Crippen LogP contribution < -0.4 is 14.8 Å². The van der Waals surface area contributed by atoms with Gasteiger partial charge >= 0.3 is 0 Å². The highest BCUT2D eigenvalue weighted by atomic mass is 31.1. The summed E-state index contributed by atoms with van der Waals surface area (Å²) < 4.78 is 12.2. The number of hydrogen-bond donors (Lipinski definition) is 0. The monoisotopic (exact) mass is 433 g/mol. The predicted molar refractivity (Wildman–Crippen MR) is 134 cm³/mol. The van der Waals surface area contributed by atoms with Crippen LogP contribution in [0.5, 0.6) is 11.5 Å². The molecule has 31 heavy (non-hydrogen) atoms. The lowest BCUT2D eigenvalue weighted by atomic mass is 9.91. The highest BCUT2D eigenvalue weighted by molar-refractivity contribution is 7.48. The van der Waals surface area contributed by atoms with E-state index in [4.69, 9.17) is 9.47 Å². The van der Waals surface area contributed by atoms with Gasteiger partial charge in [-0.3, -0.25) is 4.99 Å². The van der Waals surface area contributed by atoms with Crippen LogP contribution in [0.15, 0.2) is 77.8 Å². The topological polar surface area (TPSA) is 30.8 Å². The highest BCUT2D eigenvalue weighted by Gasteiger charge is 2.34. The van der Waals surface area contributed by atoms with Crippen LogP contribution in [-0.2, 0) is 11.8 Å². The van der Waals surface area contributed by atoms with E-state index in [0.29, 0.717) is 15.2 Å². The molecule has 0 N–H and O–H groups in total. The minimum Gasteiger partial charge on any atom is -0.493 e. The van der Waals surface area contributed by atoms with E-state index in [0.717, 1.165) is 29.9 Å². The fourth-order valence-corrected chi connectivity index (χ4v) is 5.60. The molecule has 3 rings (SSSR count). The van der Waals surface area contributed by atoms with Crippen LogP contribution in [0.3, 0.4) is 0 Å². The first-order valence-corrected chi connectivity index (χ1v) is 11.8. The van der Waals surface area contributed by atoms with Crippen molar-refractivity contribution in [3.05, 3.63) is 89.5 Å². The lowest BCUT2D eigenvalue weighted by Crippen LogP contribution is -2.24. The molecule has 3 aromatic rings. The molecule has 3 aromatic carbocycles. The van der Waals surface area contributed by atoms with E-state index < -0.39 is 0 Å². The Hall–Kier alpha value is -2.64. The van der Waals surface area contributed by atoms with Crippen molar-refractivity contribution in [3.8, 4) is 11.5 Å². The van der Waals surface area contributed by atoms with Crippen LogP contribution in [-0.4, -0.2) is 20.4 Å². The SMILES string of the molecule is CCC(CC)(Pc1ccccc1/C=N/C)c1cccc(OC)c1OCc1ccccc1. The van der Waals surface area contributed by atoms with Gasteiger partial charge in [-0.2, -0.15) is 0 Å². The van der Waals surface area contributed by atoms with E-state index >= 15 is 0 Å². The fraction of sp³-hybridized carbons (Fsp3) is 0.296. The van der Waals surface area contributed by atoms with Gasteiger partial charge < -0.3 is 9.47 Å². The van der Waals surface area contributed by atoms with Crippen LogP contribution in [0.25, 0.3) is 0 Å². The van der Waals surface area contributed by atoms with Crippen molar-refractivity contribution >= 4 is 20.1 Å². The van der Waals surface area contributed by atoms with Crippen molar-refractivity contribution < 1.29 is 9.47 Å². The van der Waals surface area contributed by atoms with Gasteiger partial charge in [0.05, 0.1) is 7.11 Å². The Morgan fingerprint density at radius 1 is 0.903 bits per heavy atom. The van der Waals surface area contributed by atoms with Gasteiger partial charge in [-0.15, -0.1) is 0 Å². The Bertz CT molecular complexity index is 997. The zero-order valence-corrected chi connectivity index (χ0v) is 19.9. The number of aliphatic imine (C=N–C) groups is 1. The van der Waals surface area contributed by atoms with Crippen molar-refractivity contribution in [2.75, 3.05) is 14.2 Å². The quantitative estimate of drug-likeness (QED) is 0.276. The molecule has 0 amide bonds. The maximum absolute atomic E-state index is 6.42. The number of nitrogens with zero attached hydrogens (tertiary/aromatic N) is 1. The van der Waals surface area contributed by atoms with Gasteiger partial charge in [-0.1, -0.05) is 89.2 Å². The summed E-state index contributed by atoms with van der Waals surface area (Å²) >= 11 is 0. The molecule has 0 fully saturated rings. The second-order valence-electron chi connectivity index (χ2n) is 7.50. The number of hydrogen-bond acceptors (Lipinski definition) is 3. The fourth-order valence-electron chi connectivity index (χ4n) is 3.93. The first kappa shape index (κ1) is 23.0. The molecule has 0 aliphatic rings. The van der Waals surface area contributed by atoms with Gasteiger partial charge in [-0.05, 0) is 35.3 Å². The van der Waals surface area contributed by atoms with E-state index in [9.17, 15) is 0 Å². The smallest absolute Gasteiger partial charge is 0.165 e. The second kappa shape index (κ2) is 11.1. The Morgan fingerprint density at radius 3 is 2.29 bits per heavy atom. The van der Waals surface area contributed by atoms with Crippen LogP contribution in [0.4, 0.5) is 0 Å². The molecule has 0 saturated heterocycles. The van der Waals surface area contributed by atoms with Gasteiger partial charge in [0, 0.05) is 24.0 Å². The van der Waals surface area contributed by atoms with Crippen LogP contribution >= 0.6 is 8.58 Å². The molecule has 1 atom stereocenters. The van der Waals surface area contributed by atoms with Crippen LogP contribution in [0.2, 0.25) is 0 Å². The zero-order valence-electron chi connectivity index (χ0n) is 18.9. The average Bonchev–Trinajstić information content (AvgIpc) is 2.83. The Labute approximate surface area is 188 Å². The molecule has 0 spiro atoms. The molecule has 0 bridgehead atoms. The van der Waals surface area contributed by atoms with E-state index in [1.807, 2.05) is 37.5 Å². The maximum atomic E-state index is 6.42. The first-order valence-electron chi connectivity index (χ1n) is 10.8. The number of benzene rings is 3. The van der Waals surface area contributed by atoms with E-state index in [1.165, 1.54) is 16.4 Å². The number of para-hydroxylation sites is 1. The summed E-state index contributed by atoms with van der Waals surface area (Å²) in [4.78, 5) is 4.26. The minimum absolute atomic E-state index is 0.0434. The molecule has 0 heterocycles. The van der Waals surface area contributed by atoms with E-state index in [2.05, 4.69) is 67.4 Å². The summed E-state index contributed by atoms with van der Waals surface area (Å²) in [6.07, 6.45) is 3.97. The number of methoxy groups -OCH3 is 1. The number of rotatable bonds is 10. The van der Waals surface area contributed by atoms with Gasteiger partial charge in [0.25, 0.3) is 0 Å². The predicted octanol–water partition coefficient (Wildman–Crippen LogP) is 6.34. The third kappa shape index (κ3) is 5.35. The first-order chi connectivity index (χ1) is 15.2. The second-order valence-corrected chi connectivity index (χ2v) is 9.25. The summed E-state index contributed by atoms with van der Waals surface area (Å²) in [5, 5.41) is 1.28. The largest absolute Gasteiger partial charge is 0.493 e. The average molecular weight is 434 g/mol. The summed E-state index contributed by atoms with van der Waals surface area (Å²) in [5.41, 5.74) is 3.54. The maximum Gasteiger partial charge on any atom is 0.165 e. The molecule has 0 aliphatic carbocycles. The Kier molecular flexibility index (Phi) is 8.26. The molecule has 3 nitrogen and oxygen atoms in total. The zero-order chi connectivity index (χ0) is 22.1. The van der Waals surface area contributed by atoms with Crippen molar-refractivity contribution in [1.82, 2.24) is 0 Å². The normalized spacial score (nSPS) is 12.0. The van der Waals surface area contributed by atoms with Gasteiger partial charge in [0.1, 0.15) is 6.61 Å². The molecule has 1 unspecified atom stereocenters. The standard InChI is InChI=1S/C27H32NO2P/c1-5-27(6-2,31-25-18-11-10-15-22(25)19-28-3)23-16-12-17-24(29-4)26(23)30-20-21-13-8-7-9-14-21/h7-19,31H,5-6,20H2,1-4H3/b28-19+. The molecule has 0 radical (unpaired) electrons. The minimum atomic E-state index is -0.0434. The summed E-state index contributed by atoms with van der Waals surface area (Å²) in [5.74, 6) is 1.64. The van der Waals surface area contributed by atoms with E-state index in [-0.39, 0.29) is 5.16 Å². The summed E-state index contributed by atoms with van der Waals surface area (Å²) in [7, 11) is 4.13. The van der Waals surface area contributed by atoms with Crippen molar-refractivity contribution in [3.63, 3.8) is 0 Å². The van der Waals surface area contributed by atoms with Crippen LogP contribution in [0, 0.1) is 0 Å². The van der Waals surface area contributed by atoms with Crippen molar-refractivity contribution in [2.45, 2.75) is 38.5 Å². The van der Waals surface area contributed by atoms with Gasteiger partial charge in [0.2, 0.25) is 0 Å². The molecular weight excluding hydrogens is 401 g/mol. The Balaban J connectivity index is 2.04. The molecule has 0 saturated carbocycles. The van der Waals surface area contributed by atoms with Crippen molar-refractivity contribution in [1.29, 1.82) is 0 Å². The van der Waals surface area contributed by atoms with Gasteiger partial charge in [0.15, 0.2) is 11.5 Å². The van der Waals surface area contributed by atoms with Crippen molar-refractivity contribution in [2.24, 2.45) is 4.99 Å². The lowest BCUT2D eigenvalue weighted by Gasteiger charge is -2.35.